The molecule has 2 atom stereocenters. The van der Waals surface area contributed by atoms with Crippen molar-refractivity contribution in [1.82, 2.24) is 10.4 Å². The topological polar surface area (TPSA) is 58.4 Å². The Balaban J connectivity index is 2.05. The summed E-state index contributed by atoms with van der Waals surface area (Å²) in [5, 5.41) is 2.06. The van der Waals surface area contributed by atoms with Gasteiger partial charge in [-0.2, -0.15) is 0 Å². The predicted molar refractivity (Wildman–Crippen MR) is 84.4 cm³/mol. The van der Waals surface area contributed by atoms with Crippen LogP contribution in [0.5, 0.6) is 0 Å². The molecule has 0 saturated carbocycles. The zero-order valence-electron chi connectivity index (χ0n) is 11.9. The smallest absolute Gasteiger partial charge is 0.265 e. The van der Waals surface area contributed by atoms with Crippen molar-refractivity contribution >= 4 is 23.1 Å². The van der Waals surface area contributed by atoms with E-state index in [9.17, 15) is 4.79 Å². The number of hydrazine groups is 1. The lowest BCUT2D eigenvalue weighted by Crippen LogP contribution is -2.54. The molecule has 1 amide bonds. The third-order valence-corrected chi connectivity index (χ3v) is 4.09. The van der Waals surface area contributed by atoms with E-state index in [1.54, 1.807) is 24.3 Å². The number of carbonyl (C=O) groups is 1. The van der Waals surface area contributed by atoms with Crippen LogP contribution in [0.2, 0.25) is 0 Å². The molecule has 1 aliphatic rings. The van der Waals surface area contributed by atoms with E-state index in [1.165, 1.54) is 6.42 Å². The number of hydrogen-bond donors (Lipinski definition) is 2. The molecule has 0 aromatic heterocycles. The summed E-state index contributed by atoms with van der Waals surface area (Å²) in [6.45, 7) is 4.29. The van der Waals surface area contributed by atoms with E-state index in [2.05, 4.69) is 24.3 Å². The first kappa shape index (κ1) is 14.9. The Hall–Kier alpha value is -1.46. The van der Waals surface area contributed by atoms with Crippen molar-refractivity contribution < 1.29 is 4.79 Å². The predicted octanol–water partition coefficient (Wildman–Crippen LogP) is 2.23. The van der Waals surface area contributed by atoms with Crippen LogP contribution in [0.3, 0.4) is 0 Å². The average molecular weight is 291 g/mol. The first-order valence-corrected chi connectivity index (χ1v) is 7.39. The number of carbonyl (C=O) groups excluding carboxylic acids is 1. The summed E-state index contributed by atoms with van der Waals surface area (Å²) in [5.41, 5.74) is 9.96. The van der Waals surface area contributed by atoms with Crippen molar-refractivity contribution in [2.45, 2.75) is 45.2 Å². The molecule has 0 radical (unpaired) electrons. The Morgan fingerprint density at radius 3 is 2.20 bits per heavy atom. The fourth-order valence-electron chi connectivity index (χ4n) is 2.61. The second-order valence-corrected chi connectivity index (χ2v) is 5.86. The molecule has 5 heteroatoms. The first-order valence-electron chi connectivity index (χ1n) is 6.98. The van der Waals surface area contributed by atoms with Gasteiger partial charge in [0.15, 0.2) is 0 Å². The van der Waals surface area contributed by atoms with Crippen LogP contribution in [0.1, 0.15) is 49.0 Å². The van der Waals surface area contributed by atoms with Gasteiger partial charge in [0.1, 0.15) is 4.99 Å². The number of thiocarbonyl (C=S) groups is 1. The highest BCUT2D eigenvalue weighted by molar-refractivity contribution is 7.80. The molecule has 1 saturated heterocycles. The van der Waals surface area contributed by atoms with Gasteiger partial charge in [0.25, 0.3) is 5.91 Å². The quantitative estimate of drug-likeness (QED) is 0.839. The van der Waals surface area contributed by atoms with Crippen LogP contribution in [-0.4, -0.2) is 28.0 Å². The maximum Gasteiger partial charge on any atom is 0.265 e. The van der Waals surface area contributed by atoms with E-state index in [4.69, 9.17) is 18.0 Å². The van der Waals surface area contributed by atoms with Crippen LogP contribution in [0.15, 0.2) is 24.3 Å². The van der Waals surface area contributed by atoms with Gasteiger partial charge in [0.05, 0.1) is 0 Å². The number of amides is 1. The third-order valence-electron chi connectivity index (χ3n) is 3.86. The number of rotatable bonds is 3. The van der Waals surface area contributed by atoms with E-state index >= 15 is 0 Å². The monoisotopic (exact) mass is 291 g/mol. The molecule has 1 heterocycles. The largest absolute Gasteiger partial charge is 0.389 e. The van der Waals surface area contributed by atoms with E-state index in [0.29, 0.717) is 22.6 Å². The summed E-state index contributed by atoms with van der Waals surface area (Å²) in [5.74, 6) is -0.0833. The summed E-state index contributed by atoms with van der Waals surface area (Å²) in [6, 6.07) is 7.81. The van der Waals surface area contributed by atoms with Crippen LogP contribution < -0.4 is 11.2 Å². The standard InChI is InChI=1S/C15H21N3OS/c1-10-4-3-5-11(2)18(10)17-15(19)13-8-6-12(7-9-13)14(16)20/h6-11H,3-5H2,1-2H3,(H2,16,20)(H,17,19). The van der Waals surface area contributed by atoms with Gasteiger partial charge in [-0.3, -0.25) is 10.2 Å². The normalized spacial score (nSPS) is 23.3. The lowest BCUT2D eigenvalue weighted by molar-refractivity contribution is 0.0370. The Labute approximate surface area is 125 Å². The summed E-state index contributed by atoms with van der Waals surface area (Å²) in [6.07, 6.45) is 3.45. The highest BCUT2D eigenvalue weighted by Gasteiger charge is 2.26. The lowest BCUT2D eigenvalue weighted by atomic mass is 10.00. The van der Waals surface area contributed by atoms with Gasteiger partial charge in [-0.1, -0.05) is 30.8 Å². The van der Waals surface area contributed by atoms with Crippen LogP contribution in [0.4, 0.5) is 0 Å². The van der Waals surface area contributed by atoms with Crippen molar-refractivity contribution in [3.05, 3.63) is 35.4 Å². The minimum absolute atomic E-state index is 0.0833. The van der Waals surface area contributed by atoms with Gasteiger partial charge >= 0.3 is 0 Å². The molecule has 2 rings (SSSR count). The molecule has 3 N–H and O–H groups in total. The van der Waals surface area contributed by atoms with Crippen molar-refractivity contribution in [2.75, 3.05) is 0 Å². The summed E-state index contributed by atoms with van der Waals surface area (Å²) >= 11 is 4.90. The van der Waals surface area contributed by atoms with E-state index in [0.717, 1.165) is 18.4 Å². The number of nitrogens with zero attached hydrogens (tertiary/aromatic N) is 1. The first-order chi connectivity index (χ1) is 9.49. The molecule has 1 fully saturated rings. The van der Waals surface area contributed by atoms with E-state index < -0.39 is 0 Å². The molecule has 0 spiro atoms. The Morgan fingerprint density at radius 1 is 1.20 bits per heavy atom. The number of nitrogens with two attached hydrogens (primary N) is 1. The number of nitrogens with one attached hydrogen (secondary N) is 1. The van der Waals surface area contributed by atoms with Crippen LogP contribution in [0, 0.1) is 0 Å². The van der Waals surface area contributed by atoms with Gasteiger partial charge in [0, 0.05) is 23.2 Å². The fourth-order valence-corrected chi connectivity index (χ4v) is 2.75. The Kier molecular flexibility index (Phi) is 4.73. The summed E-state index contributed by atoms with van der Waals surface area (Å²) in [4.78, 5) is 12.6. The highest BCUT2D eigenvalue weighted by atomic mass is 32.1. The summed E-state index contributed by atoms with van der Waals surface area (Å²) < 4.78 is 0. The van der Waals surface area contributed by atoms with E-state index in [1.807, 2.05) is 0 Å². The zero-order chi connectivity index (χ0) is 14.7. The second kappa shape index (κ2) is 6.33. The van der Waals surface area contributed by atoms with Crippen molar-refractivity contribution in [3.8, 4) is 0 Å². The highest BCUT2D eigenvalue weighted by Crippen LogP contribution is 2.20. The van der Waals surface area contributed by atoms with Crippen LogP contribution >= 0.6 is 12.2 Å². The van der Waals surface area contributed by atoms with Gasteiger partial charge in [-0.05, 0) is 38.8 Å². The molecule has 1 aromatic rings. The molecule has 0 aliphatic carbocycles. The molecule has 20 heavy (non-hydrogen) atoms. The Morgan fingerprint density at radius 2 is 1.70 bits per heavy atom. The van der Waals surface area contributed by atoms with Crippen LogP contribution in [-0.2, 0) is 0 Å². The molecule has 108 valence electrons. The molecule has 1 aliphatic heterocycles. The molecule has 1 aromatic carbocycles. The average Bonchev–Trinajstić information content (AvgIpc) is 2.43. The second-order valence-electron chi connectivity index (χ2n) is 5.42. The lowest BCUT2D eigenvalue weighted by Gasteiger charge is -2.38. The molecule has 2 unspecified atom stereocenters. The zero-order valence-corrected chi connectivity index (χ0v) is 12.7. The van der Waals surface area contributed by atoms with Gasteiger partial charge in [-0.25, -0.2) is 5.01 Å². The third kappa shape index (κ3) is 3.35. The van der Waals surface area contributed by atoms with Crippen molar-refractivity contribution in [1.29, 1.82) is 0 Å². The Bertz CT molecular complexity index is 490. The maximum absolute atomic E-state index is 12.3. The molecule has 4 nitrogen and oxygen atoms in total. The minimum Gasteiger partial charge on any atom is -0.389 e. The van der Waals surface area contributed by atoms with Crippen molar-refractivity contribution in [2.24, 2.45) is 5.73 Å². The number of hydrogen-bond acceptors (Lipinski definition) is 3. The molecular formula is C15H21N3OS. The van der Waals surface area contributed by atoms with Gasteiger partial charge in [-0.15, -0.1) is 0 Å². The minimum atomic E-state index is -0.0833. The van der Waals surface area contributed by atoms with E-state index in [-0.39, 0.29) is 5.91 Å². The van der Waals surface area contributed by atoms with Gasteiger partial charge < -0.3 is 5.73 Å². The SMILES string of the molecule is CC1CCCC(C)N1NC(=O)c1ccc(C(N)=S)cc1. The van der Waals surface area contributed by atoms with Gasteiger partial charge in [0.2, 0.25) is 0 Å². The summed E-state index contributed by atoms with van der Waals surface area (Å²) in [7, 11) is 0. The molecule has 0 bridgehead atoms. The number of piperidine rings is 1. The van der Waals surface area contributed by atoms with Crippen molar-refractivity contribution in [3.63, 3.8) is 0 Å². The fraction of sp³-hybridized carbons (Fsp3) is 0.467. The van der Waals surface area contributed by atoms with Crippen LogP contribution in [0.25, 0.3) is 0 Å². The molecular weight excluding hydrogens is 270 g/mol. The number of benzene rings is 1. The maximum atomic E-state index is 12.3.